The fourth-order valence-corrected chi connectivity index (χ4v) is 3.24. The van der Waals surface area contributed by atoms with Gasteiger partial charge >= 0.3 is 0 Å². The molecule has 0 aliphatic rings. The van der Waals surface area contributed by atoms with Crippen LogP contribution in [0.15, 0.2) is 35.9 Å². The van der Waals surface area contributed by atoms with Gasteiger partial charge in [0.2, 0.25) is 0 Å². The van der Waals surface area contributed by atoms with Crippen LogP contribution in [0.1, 0.15) is 35.9 Å². The Bertz CT molecular complexity index is 874. The van der Waals surface area contributed by atoms with Gasteiger partial charge in [0.05, 0.1) is 0 Å². The summed E-state index contributed by atoms with van der Waals surface area (Å²) < 4.78 is 2.21. The largest absolute Gasteiger partial charge is 0.349 e. The second kappa shape index (κ2) is 8.73. The lowest BCUT2D eigenvalue weighted by Gasteiger charge is -2.17. The molecule has 4 nitrogen and oxygen atoms in total. The van der Waals surface area contributed by atoms with Crippen molar-refractivity contribution in [3.63, 3.8) is 0 Å². The first-order valence-electron chi connectivity index (χ1n) is 8.65. The molecule has 0 spiro atoms. The van der Waals surface area contributed by atoms with E-state index in [1.54, 1.807) is 19.2 Å². The molecular formula is C21H24ClN3O. The summed E-state index contributed by atoms with van der Waals surface area (Å²) in [7, 11) is 1.69. The van der Waals surface area contributed by atoms with E-state index >= 15 is 0 Å². The van der Waals surface area contributed by atoms with Gasteiger partial charge in [0.1, 0.15) is 11.6 Å². The molecule has 1 aromatic heterocycles. The monoisotopic (exact) mass is 369 g/mol. The minimum absolute atomic E-state index is 0.131. The molecule has 26 heavy (non-hydrogen) atoms. The van der Waals surface area contributed by atoms with Gasteiger partial charge in [0, 0.05) is 36.5 Å². The molecule has 136 valence electrons. The molecule has 1 amide bonds. The lowest BCUT2D eigenvalue weighted by Crippen LogP contribution is -2.27. The Hall–Kier alpha value is -2.51. The van der Waals surface area contributed by atoms with Crippen LogP contribution in [0.3, 0.4) is 0 Å². The van der Waals surface area contributed by atoms with Crippen LogP contribution in [-0.2, 0) is 17.9 Å². The summed E-state index contributed by atoms with van der Waals surface area (Å²) in [5.41, 5.74) is 4.17. The summed E-state index contributed by atoms with van der Waals surface area (Å²) in [5.74, 6) is -0.298. The van der Waals surface area contributed by atoms with Crippen LogP contribution < -0.4 is 0 Å². The minimum atomic E-state index is -0.298. The first kappa shape index (κ1) is 19.8. The summed E-state index contributed by atoms with van der Waals surface area (Å²) in [6.07, 6.45) is 2.72. The highest BCUT2D eigenvalue weighted by molar-refractivity contribution is 6.30. The van der Waals surface area contributed by atoms with Crippen molar-refractivity contribution < 1.29 is 4.79 Å². The van der Waals surface area contributed by atoms with Crippen LogP contribution >= 0.6 is 11.6 Å². The van der Waals surface area contributed by atoms with Crippen molar-refractivity contribution in [3.05, 3.63) is 63.4 Å². The maximum Gasteiger partial charge on any atom is 0.264 e. The number of aryl methyl sites for hydroxylation is 1. The van der Waals surface area contributed by atoms with Gasteiger partial charge in [0.25, 0.3) is 5.91 Å². The molecule has 0 aliphatic heterocycles. The van der Waals surface area contributed by atoms with Gasteiger partial charge in [0.15, 0.2) is 0 Å². The fourth-order valence-electron chi connectivity index (χ4n) is 3.03. The van der Waals surface area contributed by atoms with Crippen molar-refractivity contribution in [2.45, 2.75) is 40.3 Å². The van der Waals surface area contributed by atoms with Gasteiger partial charge in [-0.15, -0.1) is 0 Å². The molecule has 2 rings (SSSR count). The zero-order chi connectivity index (χ0) is 19.3. The number of nitrogens with zero attached hydrogens (tertiary/aromatic N) is 3. The van der Waals surface area contributed by atoms with Crippen molar-refractivity contribution >= 4 is 23.6 Å². The highest BCUT2D eigenvalue weighted by Crippen LogP contribution is 2.20. The molecule has 0 radical (unpaired) electrons. The number of likely N-dealkylation sites (N-methyl/N-ethyl adjacent to an activating group) is 1. The van der Waals surface area contributed by atoms with E-state index in [2.05, 4.69) is 17.6 Å². The number of carbonyl (C=O) groups excluding carboxylic acids is 1. The van der Waals surface area contributed by atoms with E-state index < -0.39 is 0 Å². The smallest absolute Gasteiger partial charge is 0.264 e. The van der Waals surface area contributed by atoms with Crippen LogP contribution in [0, 0.1) is 25.2 Å². The van der Waals surface area contributed by atoms with E-state index in [4.69, 9.17) is 11.6 Å². The van der Waals surface area contributed by atoms with Gasteiger partial charge < -0.3 is 9.47 Å². The number of benzene rings is 1. The predicted molar refractivity (Wildman–Crippen MR) is 106 cm³/mol. The topological polar surface area (TPSA) is 49.0 Å². The third-order valence-electron chi connectivity index (χ3n) is 4.37. The second-order valence-corrected chi connectivity index (χ2v) is 6.88. The van der Waals surface area contributed by atoms with Crippen molar-refractivity contribution in [3.8, 4) is 6.07 Å². The molecule has 0 saturated heterocycles. The maximum atomic E-state index is 12.7. The summed E-state index contributed by atoms with van der Waals surface area (Å²) in [5, 5.41) is 10.1. The molecule has 1 heterocycles. The Morgan fingerprint density at radius 2 is 2.08 bits per heavy atom. The Morgan fingerprint density at radius 1 is 1.35 bits per heavy atom. The number of hydrogen-bond donors (Lipinski definition) is 0. The van der Waals surface area contributed by atoms with E-state index in [0.717, 1.165) is 35.5 Å². The van der Waals surface area contributed by atoms with Gasteiger partial charge in [-0.3, -0.25) is 4.79 Å². The number of rotatable bonds is 6. The molecule has 0 unspecified atom stereocenters. The SMILES string of the molecule is CCCn1c(C)cc(/C=C(\C#N)C(=O)N(C)Cc2cccc(Cl)c2)c1C. The van der Waals surface area contributed by atoms with Crippen LogP contribution in [0.2, 0.25) is 5.02 Å². The van der Waals surface area contributed by atoms with Crippen molar-refractivity contribution in [1.29, 1.82) is 5.26 Å². The molecule has 0 bridgehead atoms. The van der Waals surface area contributed by atoms with Gasteiger partial charge in [-0.05, 0) is 55.7 Å². The molecule has 0 atom stereocenters. The summed E-state index contributed by atoms with van der Waals surface area (Å²) in [6.45, 7) is 7.51. The first-order valence-corrected chi connectivity index (χ1v) is 9.03. The molecule has 0 aliphatic carbocycles. The number of hydrogen-bond acceptors (Lipinski definition) is 2. The third-order valence-corrected chi connectivity index (χ3v) is 4.60. The number of amides is 1. The van der Waals surface area contributed by atoms with Crippen molar-refractivity contribution in [2.24, 2.45) is 0 Å². The van der Waals surface area contributed by atoms with Gasteiger partial charge in [-0.2, -0.15) is 5.26 Å². The predicted octanol–water partition coefficient (Wildman–Crippen LogP) is 4.73. The van der Waals surface area contributed by atoms with E-state index in [-0.39, 0.29) is 11.5 Å². The van der Waals surface area contributed by atoms with Crippen LogP contribution in [0.25, 0.3) is 6.08 Å². The fraction of sp³-hybridized carbons (Fsp3) is 0.333. The zero-order valence-electron chi connectivity index (χ0n) is 15.7. The first-order chi connectivity index (χ1) is 12.4. The standard InChI is InChI=1S/C21H24ClN3O/c1-5-9-25-15(2)10-18(16(25)3)12-19(13-23)21(26)24(4)14-17-7-6-8-20(22)11-17/h6-8,10-12H,5,9,14H2,1-4H3/b19-12+. The van der Waals surface area contributed by atoms with E-state index in [1.165, 1.54) is 4.90 Å². The molecule has 0 saturated carbocycles. The average molecular weight is 370 g/mol. The van der Waals surface area contributed by atoms with Crippen LogP contribution in [-0.4, -0.2) is 22.4 Å². The number of aromatic nitrogens is 1. The maximum absolute atomic E-state index is 12.7. The Kier molecular flexibility index (Phi) is 6.65. The van der Waals surface area contributed by atoms with Crippen molar-refractivity contribution in [1.82, 2.24) is 9.47 Å². The van der Waals surface area contributed by atoms with Gasteiger partial charge in [-0.25, -0.2) is 0 Å². The summed E-state index contributed by atoms with van der Waals surface area (Å²) in [6, 6.07) is 11.4. The molecule has 2 aromatic rings. The van der Waals surface area contributed by atoms with E-state index in [1.807, 2.05) is 38.1 Å². The summed E-state index contributed by atoms with van der Waals surface area (Å²) in [4.78, 5) is 14.2. The lowest BCUT2D eigenvalue weighted by atomic mass is 10.1. The highest BCUT2D eigenvalue weighted by Gasteiger charge is 2.17. The average Bonchev–Trinajstić information content (AvgIpc) is 2.86. The molecule has 5 heteroatoms. The van der Waals surface area contributed by atoms with E-state index in [9.17, 15) is 10.1 Å². The molecule has 0 N–H and O–H groups in total. The van der Waals surface area contributed by atoms with Crippen LogP contribution in [0.4, 0.5) is 0 Å². The number of nitriles is 1. The molecule has 1 aromatic carbocycles. The van der Waals surface area contributed by atoms with E-state index in [0.29, 0.717) is 11.6 Å². The number of carbonyl (C=O) groups is 1. The Labute approximate surface area is 160 Å². The number of halogens is 1. The lowest BCUT2D eigenvalue weighted by molar-refractivity contribution is -0.125. The highest BCUT2D eigenvalue weighted by atomic mass is 35.5. The minimum Gasteiger partial charge on any atom is -0.349 e. The van der Waals surface area contributed by atoms with Crippen LogP contribution in [0.5, 0.6) is 0 Å². The second-order valence-electron chi connectivity index (χ2n) is 6.44. The van der Waals surface area contributed by atoms with Crippen molar-refractivity contribution in [2.75, 3.05) is 7.05 Å². The Balaban J connectivity index is 2.24. The Morgan fingerprint density at radius 3 is 2.69 bits per heavy atom. The summed E-state index contributed by atoms with van der Waals surface area (Å²) >= 11 is 6.00. The third kappa shape index (κ3) is 4.56. The quantitative estimate of drug-likeness (QED) is 0.545. The molecule has 0 fully saturated rings. The normalized spacial score (nSPS) is 11.3. The zero-order valence-corrected chi connectivity index (χ0v) is 16.5. The molecular weight excluding hydrogens is 346 g/mol. The van der Waals surface area contributed by atoms with Gasteiger partial charge in [-0.1, -0.05) is 30.7 Å².